The second-order valence-corrected chi connectivity index (χ2v) is 7.98. The van der Waals surface area contributed by atoms with Crippen LogP contribution in [0.5, 0.6) is 0 Å². The van der Waals surface area contributed by atoms with Gasteiger partial charge in [-0.1, -0.05) is 91.3 Å². The quantitative estimate of drug-likeness (QED) is 0.470. The third kappa shape index (κ3) is 5.79. The summed E-state index contributed by atoms with van der Waals surface area (Å²) in [6.45, 7) is 4.28. The summed E-state index contributed by atoms with van der Waals surface area (Å²) in [5, 5.41) is 0. The van der Waals surface area contributed by atoms with E-state index < -0.39 is 0 Å². The van der Waals surface area contributed by atoms with E-state index in [9.17, 15) is 0 Å². The minimum Gasteiger partial charge on any atom is -0.368 e. The van der Waals surface area contributed by atoms with Crippen LogP contribution in [-0.4, -0.2) is 24.6 Å². The number of hydrogen-bond acceptors (Lipinski definition) is 2. The van der Waals surface area contributed by atoms with E-state index in [1.807, 2.05) is 0 Å². The van der Waals surface area contributed by atoms with E-state index in [0.717, 1.165) is 13.0 Å². The molecule has 0 saturated carbocycles. The summed E-state index contributed by atoms with van der Waals surface area (Å²) in [4.78, 5) is 2.58. The van der Waals surface area contributed by atoms with Gasteiger partial charge in [-0.3, -0.25) is 4.90 Å². The monoisotopic (exact) mass is 385 g/mol. The first-order chi connectivity index (χ1) is 14.4. The van der Waals surface area contributed by atoms with Gasteiger partial charge >= 0.3 is 0 Å². The van der Waals surface area contributed by atoms with Gasteiger partial charge in [-0.2, -0.15) is 0 Å². The van der Waals surface area contributed by atoms with Gasteiger partial charge in [0.05, 0.1) is 6.61 Å². The molecule has 1 saturated heterocycles. The lowest BCUT2D eigenvalue weighted by Crippen LogP contribution is -2.29. The summed E-state index contributed by atoms with van der Waals surface area (Å²) in [5.41, 5.74) is 5.17. The van der Waals surface area contributed by atoms with Crippen molar-refractivity contribution in [2.24, 2.45) is 0 Å². The Morgan fingerprint density at radius 1 is 0.655 bits per heavy atom. The van der Waals surface area contributed by atoms with E-state index in [1.54, 1.807) is 0 Å². The van der Waals surface area contributed by atoms with Gasteiger partial charge in [-0.05, 0) is 54.6 Å². The van der Waals surface area contributed by atoms with Gasteiger partial charge in [0.15, 0.2) is 0 Å². The molecule has 0 unspecified atom stereocenters. The van der Waals surface area contributed by atoms with Crippen LogP contribution < -0.4 is 0 Å². The molecule has 3 aromatic rings. The number of benzene rings is 3. The lowest BCUT2D eigenvalue weighted by Gasteiger charge is -2.26. The predicted octanol–water partition coefficient (Wildman–Crippen LogP) is 6.02. The first kappa shape index (κ1) is 19.9. The van der Waals surface area contributed by atoms with E-state index in [1.165, 1.54) is 54.6 Å². The number of likely N-dealkylation sites (tertiary alicyclic amines) is 1. The first-order valence-corrected chi connectivity index (χ1v) is 10.9. The SMILES string of the molecule is c1ccc(C(OCCc2ccc(CN3CCCCC3)cc2)c2ccccc2)cc1. The molecular weight excluding hydrogens is 354 g/mol. The number of nitrogens with zero attached hydrogens (tertiary/aromatic N) is 1. The second kappa shape index (κ2) is 10.4. The lowest BCUT2D eigenvalue weighted by molar-refractivity contribution is 0.0826. The number of ether oxygens (including phenoxy) is 1. The molecule has 0 spiro atoms. The Kier molecular flexibility index (Phi) is 7.12. The molecule has 150 valence electrons. The topological polar surface area (TPSA) is 12.5 Å². The van der Waals surface area contributed by atoms with E-state index in [4.69, 9.17) is 4.74 Å². The molecule has 2 heteroatoms. The summed E-state index contributed by atoms with van der Waals surface area (Å²) >= 11 is 0. The van der Waals surface area contributed by atoms with Gasteiger partial charge < -0.3 is 4.74 Å². The van der Waals surface area contributed by atoms with E-state index in [0.29, 0.717) is 6.61 Å². The number of hydrogen-bond donors (Lipinski definition) is 0. The molecule has 1 heterocycles. The van der Waals surface area contributed by atoms with Gasteiger partial charge in [0, 0.05) is 6.54 Å². The Hall–Kier alpha value is -2.42. The fourth-order valence-electron chi connectivity index (χ4n) is 4.12. The van der Waals surface area contributed by atoms with Crippen LogP contribution in [0.3, 0.4) is 0 Å². The van der Waals surface area contributed by atoms with Crippen LogP contribution in [0.1, 0.15) is 47.6 Å². The van der Waals surface area contributed by atoms with Crippen molar-refractivity contribution >= 4 is 0 Å². The smallest absolute Gasteiger partial charge is 0.108 e. The number of rotatable bonds is 8. The highest BCUT2D eigenvalue weighted by Gasteiger charge is 2.14. The Bertz CT molecular complexity index is 799. The fourth-order valence-corrected chi connectivity index (χ4v) is 4.12. The van der Waals surface area contributed by atoms with Crippen molar-refractivity contribution in [1.29, 1.82) is 0 Å². The average molecular weight is 386 g/mol. The molecule has 1 aliphatic rings. The van der Waals surface area contributed by atoms with Gasteiger partial charge in [-0.25, -0.2) is 0 Å². The van der Waals surface area contributed by atoms with Crippen LogP contribution in [-0.2, 0) is 17.7 Å². The molecule has 0 amide bonds. The molecule has 4 rings (SSSR count). The van der Waals surface area contributed by atoms with Crippen molar-refractivity contribution < 1.29 is 4.74 Å². The zero-order valence-electron chi connectivity index (χ0n) is 17.2. The molecule has 3 aromatic carbocycles. The predicted molar refractivity (Wildman–Crippen MR) is 120 cm³/mol. The van der Waals surface area contributed by atoms with Crippen molar-refractivity contribution in [3.05, 3.63) is 107 Å². The average Bonchev–Trinajstić information content (AvgIpc) is 2.80. The summed E-state index contributed by atoms with van der Waals surface area (Å²) in [6.07, 6.45) is 5.00. The third-order valence-corrected chi connectivity index (χ3v) is 5.76. The minimum atomic E-state index is -0.0178. The van der Waals surface area contributed by atoms with Crippen molar-refractivity contribution in [1.82, 2.24) is 4.90 Å². The Morgan fingerprint density at radius 2 is 1.21 bits per heavy atom. The Labute approximate surface area is 175 Å². The maximum absolute atomic E-state index is 6.36. The molecule has 1 aliphatic heterocycles. The highest BCUT2D eigenvalue weighted by atomic mass is 16.5. The highest BCUT2D eigenvalue weighted by Crippen LogP contribution is 2.26. The molecule has 0 radical (unpaired) electrons. The summed E-state index contributed by atoms with van der Waals surface area (Å²) in [6, 6.07) is 30.1. The van der Waals surface area contributed by atoms with Crippen molar-refractivity contribution in [3.63, 3.8) is 0 Å². The zero-order chi connectivity index (χ0) is 19.7. The molecule has 0 atom stereocenters. The fraction of sp³-hybridized carbons (Fsp3) is 0.333. The normalized spacial score (nSPS) is 14.9. The van der Waals surface area contributed by atoms with Crippen LogP contribution in [0.2, 0.25) is 0 Å². The van der Waals surface area contributed by atoms with Crippen LogP contribution in [0.15, 0.2) is 84.9 Å². The van der Waals surface area contributed by atoms with Crippen LogP contribution in [0, 0.1) is 0 Å². The van der Waals surface area contributed by atoms with Gasteiger partial charge in [-0.15, -0.1) is 0 Å². The maximum Gasteiger partial charge on any atom is 0.108 e. The maximum atomic E-state index is 6.36. The first-order valence-electron chi connectivity index (χ1n) is 10.9. The van der Waals surface area contributed by atoms with Crippen molar-refractivity contribution in [3.8, 4) is 0 Å². The molecule has 0 bridgehead atoms. The highest BCUT2D eigenvalue weighted by molar-refractivity contribution is 5.30. The lowest BCUT2D eigenvalue weighted by atomic mass is 10.0. The second-order valence-electron chi connectivity index (χ2n) is 7.98. The Morgan fingerprint density at radius 3 is 1.79 bits per heavy atom. The molecule has 0 aliphatic carbocycles. The molecular formula is C27H31NO. The van der Waals surface area contributed by atoms with E-state index in [-0.39, 0.29) is 6.10 Å². The van der Waals surface area contributed by atoms with E-state index in [2.05, 4.69) is 89.8 Å². The van der Waals surface area contributed by atoms with Crippen LogP contribution in [0.25, 0.3) is 0 Å². The van der Waals surface area contributed by atoms with Gasteiger partial charge in [0.1, 0.15) is 6.10 Å². The van der Waals surface area contributed by atoms with Crippen LogP contribution in [0.4, 0.5) is 0 Å². The minimum absolute atomic E-state index is 0.0178. The third-order valence-electron chi connectivity index (χ3n) is 5.76. The number of piperidine rings is 1. The summed E-state index contributed by atoms with van der Waals surface area (Å²) in [7, 11) is 0. The largest absolute Gasteiger partial charge is 0.368 e. The summed E-state index contributed by atoms with van der Waals surface area (Å²) in [5.74, 6) is 0. The van der Waals surface area contributed by atoms with Crippen molar-refractivity contribution in [2.45, 2.75) is 38.3 Å². The molecule has 29 heavy (non-hydrogen) atoms. The van der Waals surface area contributed by atoms with Crippen molar-refractivity contribution in [2.75, 3.05) is 19.7 Å². The zero-order valence-corrected chi connectivity index (χ0v) is 17.2. The van der Waals surface area contributed by atoms with Gasteiger partial charge in [0.2, 0.25) is 0 Å². The molecule has 2 nitrogen and oxygen atoms in total. The van der Waals surface area contributed by atoms with Gasteiger partial charge in [0.25, 0.3) is 0 Å². The van der Waals surface area contributed by atoms with E-state index >= 15 is 0 Å². The molecule has 1 fully saturated rings. The standard InChI is InChI=1S/C27H31NO/c1-4-10-25(11-5-1)27(26-12-6-2-7-13-26)29-21-18-23-14-16-24(17-15-23)22-28-19-8-3-9-20-28/h1-2,4-7,10-17,27H,3,8-9,18-22H2. The van der Waals surface area contributed by atoms with Crippen LogP contribution >= 0.6 is 0 Å². The molecule has 0 aromatic heterocycles. The summed E-state index contributed by atoms with van der Waals surface area (Å²) < 4.78 is 6.36. The molecule has 0 N–H and O–H groups in total. The Balaban J connectivity index is 1.34.